The zero-order chi connectivity index (χ0) is 26.6. The number of thiophene rings is 1. The minimum atomic E-state index is -0.620. The molecule has 0 spiro atoms. The standard InChI is InChI=1S/C28H27FN4O4S/c1-36-20-11-10-17(15-21(20)37-2)16-24(34)33-14-6-9-19(33)28(35)32-27-25(18-7-4-3-5-8-18)30-26(31-27)22-12-13-23(29)38-22/h3-5,7-8,10-13,15,19H,6,9,14,16H2,1-2H3,(H,30,31)(H,32,35)/t19-/m1/s1. The number of rotatable bonds is 8. The van der Waals surface area contributed by atoms with Gasteiger partial charge < -0.3 is 24.7 Å². The zero-order valence-corrected chi connectivity index (χ0v) is 21.8. The van der Waals surface area contributed by atoms with E-state index in [2.05, 4.69) is 15.3 Å². The minimum Gasteiger partial charge on any atom is -0.493 e. The molecule has 1 aliphatic heterocycles. The Hall–Kier alpha value is -4.18. The molecule has 8 nitrogen and oxygen atoms in total. The first kappa shape index (κ1) is 25.5. The lowest BCUT2D eigenvalue weighted by Gasteiger charge is -2.24. The Morgan fingerprint density at radius 1 is 1.11 bits per heavy atom. The lowest BCUT2D eigenvalue weighted by molar-refractivity contribution is -0.136. The van der Waals surface area contributed by atoms with E-state index in [1.807, 2.05) is 36.4 Å². The molecular weight excluding hydrogens is 507 g/mol. The summed E-state index contributed by atoms with van der Waals surface area (Å²) >= 11 is 0.969. The van der Waals surface area contributed by atoms with Crippen molar-refractivity contribution in [2.24, 2.45) is 0 Å². The van der Waals surface area contributed by atoms with Crippen molar-refractivity contribution in [3.05, 3.63) is 71.4 Å². The molecule has 3 heterocycles. The fourth-order valence-corrected chi connectivity index (χ4v) is 5.32. The van der Waals surface area contributed by atoms with Crippen molar-refractivity contribution in [3.63, 3.8) is 0 Å². The highest BCUT2D eigenvalue weighted by molar-refractivity contribution is 7.13. The molecule has 5 rings (SSSR count). The van der Waals surface area contributed by atoms with Gasteiger partial charge in [0.2, 0.25) is 11.8 Å². The number of nitrogens with one attached hydrogen (secondary N) is 2. The second-order valence-corrected chi connectivity index (χ2v) is 9.91. The van der Waals surface area contributed by atoms with Crippen LogP contribution in [0.25, 0.3) is 22.0 Å². The molecule has 0 bridgehead atoms. The highest BCUT2D eigenvalue weighted by atomic mass is 32.1. The van der Waals surface area contributed by atoms with Gasteiger partial charge in [0.05, 0.1) is 31.2 Å². The number of hydrogen-bond acceptors (Lipinski definition) is 6. The molecule has 1 atom stereocenters. The summed E-state index contributed by atoms with van der Waals surface area (Å²) in [5, 5.41) is 2.61. The van der Waals surface area contributed by atoms with E-state index in [0.29, 0.717) is 46.7 Å². The fourth-order valence-electron chi connectivity index (χ4n) is 4.64. The Balaban J connectivity index is 1.36. The number of carbonyl (C=O) groups excluding carboxylic acids is 2. The van der Waals surface area contributed by atoms with Crippen molar-refractivity contribution in [1.29, 1.82) is 0 Å². The second kappa shape index (κ2) is 11.1. The van der Waals surface area contributed by atoms with Crippen molar-refractivity contribution < 1.29 is 23.5 Å². The SMILES string of the molecule is COc1ccc(CC(=O)N2CCC[C@@H]2C(=O)Nc2nc(-c3ccc(F)s3)[nH]c2-c2ccccc2)cc1OC. The molecule has 0 radical (unpaired) electrons. The molecular formula is C28H27FN4O4S. The largest absolute Gasteiger partial charge is 0.493 e. The van der Waals surface area contributed by atoms with E-state index >= 15 is 0 Å². The van der Waals surface area contributed by atoms with Crippen LogP contribution in [0.15, 0.2) is 60.7 Å². The van der Waals surface area contributed by atoms with Gasteiger partial charge in [-0.1, -0.05) is 36.4 Å². The third-order valence-electron chi connectivity index (χ3n) is 6.49. The number of imidazole rings is 1. The third-order valence-corrected chi connectivity index (χ3v) is 7.37. The van der Waals surface area contributed by atoms with Gasteiger partial charge in [-0.25, -0.2) is 4.98 Å². The Labute approximate surface area is 223 Å². The molecule has 0 saturated carbocycles. The van der Waals surface area contributed by atoms with Gasteiger partial charge >= 0.3 is 0 Å². The quantitative estimate of drug-likeness (QED) is 0.327. The number of nitrogens with zero attached hydrogens (tertiary/aromatic N) is 2. The van der Waals surface area contributed by atoms with Crippen molar-refractivity contribution in [2.45, 2.75) is 25.3 Å². The number of amides is 2. The van der Waals surface area contributed by atoms with Crippen LogP contribution in [-0.4, -0.2) is 53.5 Å². The molecule has 0 unspecified atom stereocenters. The molecule has 1 aliphatic rings. The summed E-state index contributed by atoms with van der Waals surface area (Å²) in [6.07, 6.45) is 1.41. The van der Waals surface area contributed by atoms with Crippen molar-refractivity contribution in [2.75, 3.05) is 26.1 Å². The summed E-state index contributed by atoms with van der Waals surface area (Å²) in [6.45, 7) is 0.496. The average molecular weight is 535 g/mol. The van der Waals surface area contributed by atoms with Crippen LogP contribution in [0.3, 0.4) is 0 Å². The highest BCUT2D eigenvalue weighted by Gasteiger charge is 2.35. The van der Waals surface area contributed by atoms with E-state index in [4.69, 9.17) is 9.47 Å². The van der Waals surface area contributed by atoms with E-state index < -0.39 is 6.04 Å². The summed E-state index contributed by atoms with van der Waals surface area (Å²) in [5.41, 5.74) is 2.21. The number of ether oxygens (including phenoxy) is 2. The van der Waals surface area contributed by atoms with Crippen LogP contribution in [0.2, 0.25) is 0 Å². The first-order valence-corrected chi connectivity index (χ1v) is 13.0. The molecule has 2 N–H and O–H groups in total. The number of benzene rings is 2. The predicted molar refractivity (Wildman–Crippen MR) is 144 cm³/mol. The van der Waals surface area contributed by atoms with E-state index in [1.54, 1.807) is 37.3 Å². The number of methoxy groups -OCH3 is 2. The molecule has 2 amide bonds. The van der Waals surface area contributed by atoms with Gasteiger partial charge in [0.25, 0.3) is 0 Å². The number of hydrogen-bond donors (Lipinski definition) is 2. The first-order valence-electron chi connectivity index (χ1n) is 12.2. The number of aromatic amines is 1. The maximum atomic E-state index is 13.7. The zero-order valence-electron chi connectivity index (χ0n) is 21.0. The van der Waals surface area contributed by atoms with Gasteiger partial charge in [0, 0.05) is 12.1 Å². The lowest BCUT2D eigenvalue weighted by atomic mass is 10.1. The predicted octanol–water partition coefficient (Wildman–Crippen LogP) is 5.13. The summed E-state index contributed by atoms with van der Waals surface area (Å²) in [7, 11) is 3.10. The van der Waals surface area contributed by atoms with Crippen LogP contribution in [-0.2, 0) is 16.0 Å². The van der Waals surface area contributed by atoms with Crippen LogP contribution in [0.5, 0.6) is 11.5 Å². The third kappa shape index (κ3) is 5.26. The van der Waals surface area contributed by atoms with Crippen LogP contribution >= 0.6 is 11.3 Å². The number of likely N-dealkylation sites (tertiary alicyclic amines) is 1. The van der Waals surface area contributed by atoms with Crippen LogP contribution < -0.4 is 14.8 Å². The molecule has 0 aliphatic carbocycles. The number of aromatic nitrogens is 2. The Morgan fingerprint density at radius 3 is 2.61 bits per heavy atom. The fraction of sp³-hybridized carbons (Fsp3) is 0.250. The van der Waals surface area contributed by atoms with E-state index in [9.17, 15) is 14.0 Å². The highest BCUT2D eigenvalue weighted by Crippen LogP contribution is 2.33. The number of halogens is 1. The van der Waals surface area contributed by atoms with Crippen LogP contribution in [0, 0.1) is 5.13 Å². The van der Waals surface area contributed by atoms with Gasteiger partial charge in [-0.3, -0.25) is 9.59 Å². The number of H-pyrrole nitrogens is 1. The number of carbonyl (C=O) groups is 2. The van der Waals surface area contributed by atoms with E-state index in [-0.39, 0.29) is 23.4 Å². The molecule has 1 fully saturated rings. The molecule has 2 aromatic heterocycles. The van der Waals surface area contributed by atoms with Gasteiger partial charge in [-0.15, -0.1) is 11.3 Å². The van der Waals surface area contributed by atoms with Crippen molar-refractivity contribution in [1.82, 2.24) is 14.9 Å². The smallest absolute Gasteiger partial charge is 0.248 e. The monoisotopic (exact) mass is 534 g/mol. The summed E-state index contributed by atoms with van der Waals surface area (Å²) in [5.74, 6) is 1.47. The van der Waals surface area contributed by atoms with Gasteiger partial charge in [0.1, 0.15) is 6.04 Å². The lowest BCUT2D eigenvalue weighted by Crippen LogP contribution is -2.43. The summed E-state index contributed by atoms with van der Waals surface area (Å²) in [6, 6.07) is 17.2. The molecule has 4 aromatic rings. The van der Waals surface area contributed by atoms with Gasteiger partial charge in [-0.05, 0) is 42.7 Å². The first-order chi connectivity index (χ1) is 18.5. The maximum Gasteiger partial charge on any atom is 0.248 e. The minimum absolute atomic E-state index is 0.135. The van der Waals surface area contributed by atoms with Crippen molar-refractivity contribution >= 4 is 29.0 Å². The molecule has 38 heavy (non-hydrogen) atoms. The summed E-state index contributed by atoms with van der Waals surface area (Å²) < 4.78 is 24.3. The van der Waals surface area contributed by atoms with Crippen LogP contribution in [0.1, 0.15) is 18.4 Å². The summed E-state index contributed by atoms with van der Waals surface area (Å²) in [4.78, 5) is 36.7. The average Bonchev–Trinajstić information content (AvgIpc) is 3.69. The van der Waals surface area contributed by atoms with Crippen molar-refractivity contribution in [3.8, 4) is 33.5 Å². The number of anilines is 1. The second-order valence-electron chi connectivity index (χ2n) is 8.88. The van der Waals surface area contributed by atoms with E-state index in [1.165, 1.54) is 6.07 Å². The molecule has 10 heteroatoms. The van der Waals surface area contributed by atoms with E-state index in [0.717, 1.165) is 28.9 Å². The van der Waals surface area contributed by atoms with Gasteiger partial charge in [0.15, 0.2) is 28.3 Å². The van der Waals surface area contributed by atoms with Crippen LogP contribution in [0.4, 0.5) is 10.2 Å². The topological polar surface area (TPSA) is 96.5 Å². The Morgan fingerprint density at radius 2 is 1.89 bits per heavy atom. The molecule has 2 aromatic carbocycles. The Kier molecular flexibility index (Phi) is 7.41. The normalized spacial score (nSPS) is 14.9. The maximum absolute atomic E-state index is 13.7. The Bertz CT molecular complexity index is 1450. The molecule has 1 saturated heterocycles. The van der Waals surface area contributed by atoms with Gasteiger partial charge in [-0.2, -0.15) is 4.39 Å². The molecule has 196 valence electrons.